The Bertz CT molecular complexity index is 1070. The van der Waals surface area contributed by atoms with Crippen molar-refractivity contribution in [2.24, 2.45) is 5.10 Å². The first-order valence-corrected chi connectivity index (χ1v) is 11.0. The summed E-state index contributed by atoms with van der Waals surface area (Å²) in [4.78, 5) is 12.3. The lowest BCUT2D eigenvalue weighted by atomic mass is 10.0. The summed E-state index contributed by atoms with van der Waals surface area (Å²) >= 11 is 7.03. The largest absolute Gasteiger partial charge is 0.487 e. The van der Waals surface area contributed by atoms with Gasteiger partial charge in [0.15, 0.2) is 0 Å². The number of nitrogens with one attached hydrogen (secondary N) is 1. The van der Waals surface area contributed by atoms with E-state index in [1.807, 2.05) is 68.4 Å². The molecule has 3 rings (SSSR count). The van der Waals surface area contributed by atoms with Gasteiger partial charge in [0.1, 0.15) is 12.4 Å². The molecule has 0 aliphatic carbocycles. The summed E-state index contributed by atoms with van der Waals surface area (Å²) in [6.07, 6.45) is 1.87. The smallest absolute Gasteiger partial charge is 0.244 e. The van der Waals surface area contributed by atoms with Gasteiger partial charge in [0.05, 0.1) is 17.1 Å². The zero-order valence-electron chi connectivity index (χ0n) is 16.8. The molecular formula is C24H22Br2N2O2. The molecule has 0 aliphatic rings. The van der Waals surface area contributed by atoms with E-state index >= 15 is 0 Å². The number of hydrazone groups is 1. The monoisotopic (exact) mass is 528 g/mol. The van der Waals surface area contributed by atoms with Crippen LogP contribution in [0.25, 0.3) is 0 Å². The molecule has 0 saturated carbocycles. The van der Waals surface area contributed by atoms with Crippen molar-refractivity contribution >= 4 is 44.0 Å². The Labute approximate surface area is 193 Å². The SMILES string of the molecule is Cc1ccc(CC(=O)N/N=C\c2cc(Br)cc(Br)c2OCc2ccccc2)c(C)c1. The number of hydrogen-bond donors (Lipinski definition) is 1. The molecule has 154 valence electrons. The van der Waals surface area contributed by atoms with Gasteiger partial charge in [-0.25, -0.2) is 5.43 Å². The number of rotatable bonds is 7. The number of hydrogen-bond acceptors (Lipinski definition) is 3. The highest BCUT2D eigenvalue weighted by Gasteiger charge is 2.10. The number of amides is 1. The van der Waals surface area contributed by atoms with E-state index in [4.69, 9.17) is 4.74 Å². The van der Waals surface area contributed by atoms with Crippen molar-refractivity contribution in [3.8, 4) is 5.75 Å². The van der Waals surface area contributed by atoms with Crippen molar-refractivity contribution in [1.29, 1.82) is 0 Å². The molecule has 3 aromatic rings. The molecule has 0 unspecified atom stereocenters. The quantitative estimate of drug-likeness (QED) is 0.297. The summed E-state index contributed by atoms with van der Waals surface area (Å²) in [5.74, 6) is 0.494. The maximum absolute atomic E-state index is 12.3. The van der Waals surface area contributed by atoms with Gasteiger partial charge in [-0.15, -0.1) is 0 Å². The second-order valence-electron chi connectivity index (χ2n) is 6.98. The van der Waals surface area contributed by atoms with Gasteiger partial charge < -0.3 is 4.74 Å². The number of halogens is 2. The minimum atomic E-state index is -0.168. The van der Waals surface area contributed by atoms with Crippen molar-refractivity contribution in [1.82, 2.24) is 5.43 Å². The van der Waals surface area contributed by atoms with E-state index in [2.05, 4.69) is 48.5 Å². The van der Waals surface area contributed by atoms with Gasteiger partial charge in [-0.05, 0) is 58.6 Å². The predicted octanol–water partition coefficient (Wildman–Crippen LogP) is 6.10. The van der Waals surface area contributed by atoms with E-state index in [1.165, 1.54) is 5.56 Å². The van der Waals surface area contributed by atoms with Gasteiger partial charge >= 0.3 is 0 Å². The van der Waals surface area contributed by atoms with Crippen LogP contribution in [0.2, 0.25) is 0 Å². The third kappa shape index (κ3) is 6.28. The second kappa shape index (κ2) is 10.5. The fraction of sp³-hybridized carbons (Fsp3) is 0.167. The number of carbonyl (C=O) groups is 1. The number of aryl methyl sites for hydroxylation is 2. The van der Waals surface area contributed by atoms with Crippen molar-refractivity contribution in [2.75, 3.05) is 0 Å². The fourth-order valence-electron chi connectivity index (χ4n) is 2.99. The molecule has 1 amide bonds. The van der Waals surface area contributed by atoms with Crippen LogP contribution in [0.5, 0.6) is 5.75 Å². The molecule has 3 aromatic carbocycles. The van der Waals surface area contributed by atoms with Crippen LogP contribution in [0, 0.1) is 13.8 Å². The lowest BCUT2D eigenvalue weighted by Gasteiger charge is -2.12. The van der Waals surface area contributed by atoms with Crippen molar-refractivity contribution in [2.45, 2.75) is 26.9 Å². The Kier molecular flexibility index (Phi) is 7.82. The molecule has 0 aromatic heterocycles. The maximum atomic E-state index is 12.3. The van der Waals surface area contributed by atoms with Crippen LogP contribution in [-0.4, -0.2) is 12.1 Å². The van der Waals surface area contributed by atoms with Crippen LogP contribution in [0.4, 0.5) is 0 Å². The normalized spacial score (nSPS) is 10.9. The maximum Gasteiger partial charge on any atom is 0.244 e. The van der Waals surface area contributed by atoms with Crippen LogP contribution in [0.1, 0.15) is 27.8 Å². The molecule has 0 aliphatic heterocycles. The molecule has 0 spiro atoms. The predicted molar refractivity (Wildman–Crippen MR) is 128 cm³/mol. The molecule has 0 radical (unpaired) electrons. The van der Waals surface area contributed by atoms with E-state index < -0.39 is 0 Å². The van der Waals surface area contributed by atoms with E-state index in [9.17, 15) is 4.79 Å². The Hall–Kier alpha value is -2.44. The fourth-order valence-corrected chi connectivity index (χ4v) is 4.36. The van der Waals surface area contributed by atoms with E-state index in [1.54, 1.807) is 6.21 Å². The average Bonchev–Trinajstić information content (AvgIpc) is 2.70. The van der Waals surface area contributed by atoms with Crippen LogP contribution >= 0.6 is 31.9 Å². The first-order chi connectivity index (χ1) is 14.4. The van der Waals surface area contributed by atoms with Crippen molar-refractivity contribution in [3.05, 3.63) is 97.4 Å². The summed E-state index contributed by atoms with van der Waals surface area (Å²) in [6, 6.07) is 19.8. The minimum absolute atomic E-state index is 0.168. The molecule has 30 heavy (non-hydrogen) atoms. The topological polar surface area (TPSA) is 50.7 Å². The summed E-state index contributed by atoms with van der Waals surface area (Å²) in [5, 5.41) is 4.14. The zero-order chi connectivity index (χ0) is 21.5. The average molecular weight is 530 g/mol. The van der Waals surface area contributed by atoms with Gasteiger partial charge in [-0.1, -0.05) is 70.0 Å². The zero-order valence-corrected chi connectivity index (χ0v) is 20.0. The third-order valence-electron chi connectivity index (χ3n) is 4.51. The molecule has 0 atom stereocenters. The number of nitrogens with zero attached hydrogens (tertiary/aromatic N) is 1. The molecule has 4 nitrogen and oxygen atoms in total. The van der Waals surface area contributed by atoms with Crippen LogP contribution in [0.3, 0.4) is 0 Å². The number of carbonyl (C=O) groups excluding carboxylic acids is 1. The summed E-state index contributed by atoms with van der Waals surface area (Å²) in [5.41, 5.74) is 7.69. The lowest BCUT2D eigenvalue weighted by Crippen LogP contribution is -2.20. The standard InChI is InChI=1S/C24H22Br2N2O2/c1-16-8-9-19(17(2)10-16)12-23(29)28-27-14-20-11-21(25)13-22(26)24(20)30-15-18-6-4-3-5-7-18/h3-11,13-14H,12,15H2,1-2H3,(H,28,29)/b27-14-. The molecule has 0 bridgehead atoms. The first-order valence-electron chi connectivity index (χ1n) is 9.46. The minimum Gasteiger partial charge on any atom is -0.487 e. The summed E-state index contributed by atoms with van der Waals surface area (Å²) in [6.45, 7) is 4.48. The van der Waals surface area contributed by atoms with E-state index in [0.717, 1.165) is 31.2 Å². The highest BCUT2D eigenvalue weighted by Crippen LogP contribution is 2.32. The lowest BCUT2D eigenvalue weighted by molar-refractivity contribution is -0.120. The van der Waals surface area contributed by atoms with Gasteiger partial charge in [0, 0.05) is 10.0 Å². The van der Waals surface area contributed by atoms with Gasteiger partial charge in [0.25, 0.3) is 0 Å². The van der Waals surface area contributed by atoms with Crippen LogP contribution in [0.15, 0.2) is 74.7 Å². The van der Waals surface area contributed by atoms with Crippen molar-refractivity contribution in [3.63, 3.8) is 0 Å². The van der Waals surface area contributed by atoms with Gasteiger partial charge in [-0.2, -0.15) is 5.10 Å². The van der Waals surface area contributed by atoms with E-state index in [0.29, 0.717) is 12.4 Å². The Morgan fingerprint density at radius 3 is 2.57 bits per heavy atom. The van der Waals surface area contributed by atoms with E-state index in [-0.39, 0.29) is 12.3 Å². The second-order valence-corrected chi connectivity index (χ2v) is 8.75. The third-order valence-corrected chi connectivity index (χ3v) is 5.55. The van der Waals surface area contributed by atoms with Crippen LogP contribution in [-0.2, 0) is 17.8 Å². The molecule has 0 heterocycles. The Morgan fingerprint density at radius 2 is 1.83 bits per heavy atom. The first kappa shape index (κ1) is 22.2. The van der Waals surface area contributed by atoms with Gasteiger partial charge in [-0.3, -0.25) is 4.79 Å². The Balaban J connectivity index is 1.68. The van der Waals surface area contributed by atoms with Crippen LogP contribution < -0.4 is 10.2 Å². The van der Waals surface area contributed by atoms with Gasteiger partial charge in [0.2, 0.25) is 5.91 Å². The number of ether oxygens (including phenoxy) is 1. The number of benzene rings is 3. The molecule has 0 fully saturated rings. The highest BCUT2D eigenvalue weighted by molar-refractivity contribution is 9.11. The summed E-state index contributed by atoms with van der Waals surface area (Å²) < 4.78 is 7.70. The molecule has 0 saturated heterocycles. The summed E-state index contributed by atoms with van der Waals surface area (Å²) in [7, 11) is 0. The molecule has 6 heteroatoms. The molecule has 1 N–H and O–H groups in total. The molecular weight excluding hydrogens is 508 g/mol. The Morgan fingerprint density at radius 1 is 1.07 bits per heavy atom. The highest BCUT2D eigenvalue weighted by atomic mass is 79.9. The van der Waals surface area contributed by atoms with Crippen molar-refractivity contribution < 1.29 is 9.53 Å².